The third-order valence-corrected chi connectivity index (χ3v) is 4.97. The number of piperidine rings is 1. The van der Waals surface area contributed by atoms with Crippen molar-refractivity contribution >= 4 is 22.9 Å². The molecule has 0 unspecified atom stereocenters. The second-order valence-corrected chi connectivity index (χ2v) is 6.96. The molecule has 1 N–H and O–H groups in total. The van der Waals surface area contributed by atoms with Crippen LogP contribution in [-0.2, 0) is 4.74 Å². The number of carbonyl (C=O) groups is 1. The van der Waals surface area contributed by atoms with Crippen LogP contribution in [0.1, 0.15) is 25.3 Å². The molecule has 0 saturated carbocycles. The van der Waals surface area contributed by atoms with Gasteiger partial charge in [-0.2, -0.15) is 5.10 Å². The van der Waals surface area contributed by atoms with Crippen molar-refractivity contribution in [2.45, 2.75) is 32.7 Å². The van der Waals surface area contributed by atoms with Gasteiger partial charge in [0, 0.05) is 19.1 Å². The summed E-state index contributed by atoms with van der Waals surface area (Å²) in [6.45, 7) is 5.63. The van der Waals surface area contributed by atoms with E-state index in [1.807, 2.05) is 23.7 Å². The molecule has 0 atom stereocenters. The Morgan fingerprint density at radius 3 is 2.86 bits per heavy atom. The molecule has 8 heteroatoms. The number of ether oxygens (including phenoxy) is 1. The predicted octanol–water partition coefficient (Wildman–Crippen LogP) is 3.16. The van der Waals surface area contributed by atoms with Gasteiger partial charge < -0.3 is 15.0 Å². The summed E-state index contributed by atoms with van der Waals surface area (Å²) in [5.74, 6) is 0.776. The summed E-state index contributed by atoms with van der Waals surface area (Å²) < 4.78 is 6.91. The Morgan fingerprint density at radius 2 is 2.11 bits per heavy atom. The highest BCUT2D eigenvalue weighted by molar-refractivity contribution is 5.87. The van der Waals surface area contributed by atoms with Gasteiger partial charge in [-0.05, 0) is 44.4 Å². The van der Waals surface area contributed by atoms with Gasteiger partial charge in [0.15, 0.2) is 5.65 Å². The van der Waals surface area contributed by atoms with Crippen molar-refractivity contribution in [3.8, 4) is 5.69 Å². The van der Waals surface area contributed by atoms with Crippen LogP contribution in [0.25, 0.3) is 16.7 Å². The lowest BCUT2D eigenvalue weighted by molar-refractivity contribution is 0.0983. The van der Waals surface area contributed by atoms with Crippen molar-refractivity contribution in [3.63, 3.8) is 0 Å². The second kappa shape index (κ2) is 7.84. The van der Waals surface area contributed by atoms with E-state index in [1.165, 1.54) is 5.56 Å². The van der Waals surface area contributed by atoms with Crippen molar-refractivity contribution in [1.82, 2.24) is 24.6 Å². The first kappa shape index (κ1) is 18.2. The summed E-state index contributed by atoms with van der Waals surface area (Å²) in [7, 11) is 0. The van der Waals surface area contributed by atoms with Gasteiger partial charge in [0.05, 0.1) is 23.9 Å². The highest BCUT2D eigenvalue weighted by atomic mass is 16.6. The van der Waals surface area contributed by atoms with Gasteiger partial charge in [0.2, 0.25) is 0 Å². The normalized spacial score (nSPS) is 15.0. The Balaban J connectivity index is 1.51. The summed E-state index contributed by atoms with van der Waals surface area (Å²) >= 11 is 0. The fourth-order valence-corrected chi connectivity index (χ4v) is 3.52. The number of hydrogen-bond donors (Lipinski definition) is 1. The molecule has 2 aromatic heterocycles. The van der Waals surface area contributed by atoms with Gasteiger partial charge in [-0.25, -0.2) is 19.4 Å². The smallest absolute Gasteiger partial charge is 0.409 e. The Labute approximate surface area is 163 Å². The molecule has 0 radical (unpaired) electrons. The summed E-state index contributed by atoms with van der Waals surface area (Å²) in [5.41, 5.74) is 2.91. The maximum Gasteiger partial charge on any atom is 0.409 e. The van der Waals surface area contributed by atoms with Crippen LogP contribution in [0.5, 0.6) is 0 Å². The first-order valence-corrected chi connectivity index (χ1v) is 9.59. The van der Waals surface area contributed by atoms with E-state index >= 15 is 0 Å². The Morgan fingerprint density at radius 1 is 1.29 bits per heavy atom. The number of rotatable bonds is 4. The molecule has 3 heterocycles. The maximum absolute atomic E-state index is 11.9. The quantitative estimate of drug-likeness (QED) is 0.748. The van der Waals surface area contributed by atoms with Gasteiger partial charge in [-0.1, -0.05) is 12.1 Å². The van der Waals surface area contributed by atoms with Crippen LogP contribution in [0.15, 0.2) is 36.8 Å². The molecule has 0 aliphatic carbocycles. The molecule has 146 valence electrons. The fraction of sp³-hybridized carbons (Fsp3) is 0.400. The van der Waals surface area contributed by atoms with Gasteiger partial charge >= 0.3 is 6.09 Å². The molecular formula is C20H24N6O2. The first-order valence-electron chi connectivity index (χ1n) is 9.59. The summed E-state index contributed by atoms with van der Waals surface area (Å²) in [5, 5.41) is 8.92. The van der Waals surface area contributed by atoms with E-state index in [4.69, 9.17) is 4.74 Å². The molecule has 4 rings (SSSR count). The van der Waals surface area contributed by atoms with Crippen molar-refractivity contribution in [1.29, 1.82) is 0 Å². The number of aromatic nitrogens is 4. The fourth-order valence-electron chi connectivity index (χ4n) is 3.52. The highest BCUT2D eigenvalue weighted by Gasteiger charge is 2.24. The highest BCUT2D eigenvalue weighted by Crippen LogP contribution is 2.24. The number of carbonyl (C=O) groups excluding carboxylic acids is 1. The molecule has 1 aliphatic rings. The summed E-state index contributed by atoms with van der Waals surface area (Å²) in [4.78, 5) is 22.5. The third-order valence-electron chi connectivity index (χ3n) is 4.97. The van der Waals surface area contributed by atoms with E-state index in [9.17, 15) is 4.79 Å². The van der Waals surface area contributed by atoms with Crippen molar-refractivity contribution in [2.75, 3.05) is 25.0 Å². The Kier molecular flexibility index (Phi) is 5.10. The largest absolute Gasteiger partial charge is 0.450 e. The minimum absolute atomic E-state index is 0.232. The Bertz CT molecular complexity index is 978. The zero-order valence-electron chi connectivity index (χ0n) is 16.1. The minimum Gasteiger partial charge on any atom is -0.450 e. The van der Waals surface area contributed by atoms with Crippen LogP contribution in [0.3, 0.4) is 0 Å². The number of amides is 1. The van der Waals surface area contributed by atoms with Crippen LogP contribution >= 0.6 is 0 Å². The number of fused-ring (bicyclic) bond motifs is 1. The topological polar surface area (TPSA) is 85.2 Å². The monoisotopic (exact) mass is 380 g/mol. The van der Waals surface area contributed by atoms with Crippen molar-refractivity contribution in [2.24, 2.45) is 0 Å². The van der Waals surface area contributed by atoms with E-state index in [0.29, 0.717) is 19.7 Å². The molecule has 3 aromatic rings. The molecule has 8 nitrogen and oxygen atoms in total. The third kappa shape index (κ3) is 3.62. The van der Waals surface area contributed by atoms with Crippen molar-refractivity contribution < 1.29 is 9.53 Å². The number of nitrogens with zero attached hydrogens (tertiary/aromatic N) is 5. The molecule has 28 heavy (non-hydrogen) atoms. The average molecular weight is 380 g/mol. The van der Waals surface area contributed by atoms with Crippen molar-refractivity contribution in [3.05, 3.63) is 42.4 Å². The van der Waals surface area contributed by atoms with E-state index < -0.39 is 0 Å². The first-order chi connectivity index (χ1) is 13.7. The maximum atomic E-state index is 11.9. The number of aryl methyl sites for hydroxylation is 1. The molecule has 1 aromatic carbocycles. The number of anilines is 1. The second-order valence-electron chi connectivity index (χ2n) is 6.96. The van der Waals surface area contributed by atoms with E-state index in [-0.39, 0.29) is 12.1 Å². The van der Waals surface area contributed by atoms with E-state index in [0.717, 1.165) is 35.4 Å². The Hall–Kier alpha value is -3.16. The van der Waals surface area contributed by atoms with Crippen LogP contribution in [0.4, 0.5) is 10.6 Å². The summed E-state index contributed by atoms with van der Waals surface area (Å²) in [6, 6.07) is 8.40. The molecule has 0 spiro atoms. The molecule has 0 bridgehead atoms. The van der Waals surface area contributed by atoms with Gasteiger partial charge in [0.1, 0.15) is 12.1 Å². The molecule has 1 aliphatic heterocycles. The zero-order chi connectivity index (χ0) is 19.5. The van der Waals surface area contributed by atoms with E-state index in [1.54, 1.807) is 17.4 Å². The van der Waals surface area contributed by atoms with Gasteiger partial charge in [-0.15, -0.1) is 0 Å². The number of likely N-dealkylation sites (tertiary alicyclic amines) is 1. The zero-order valence-corrected chi connectivity index (χ0v) is 16.1. The number of benzene rings is 1. The molecule has 1 fully saturated rings. The van der Waals surface area contributed by atoms with Crippen LogP contribution < -0.4 is 5.32 Å². The minimum atomic E-state index is -0.232. The van der Waals surface area contributed by atoms with E-state index in [2.05, 4.69) is 39.4 Å². The summed E-state index contributed by atoms with van der Waals surface area (Å²) in [6.07, 6.45) is 4.82. The SMILES string of the molecule is CCOC(=O)N1CCC(Nc2ncnc3c2cnn3-c2cccc(C)c2)CC1. The van der Waals surface area contributed by atoms with Crippen LogP contribution in [-0.4, -0.2) is 56.5 Å². The molecule has 1 saturated heterocycles. The predicted molar refractivity (Wildman–Crippen MR) is 107 cm³/mol. The van der Waals surface area contributed by atoms with Crippen LogP contribution in [0.2, 0.25) is 0 Å². The lowest BCUT2D eigenvalue weighted by Gasteiger charge is -2.31. The number of nitrogens with one attached hydrogen (secondary N) is 1. The number of hydrogen-bond acceptors (Lipinski definition) is 6. The van der Waals surface area contributed by atoms with Crippen LogP contribution in [0, 0.1) is 6.92 Å². The lowest BCUT2D eigenvalue weighted by Crippen LogP contribution is -2.42. The molecule has 1 amide bonds. The average Bonchev–Trinajstić information content (AvgIpc) is 3.14. The lowest BCUT2D eigenvalue weighted by atomic mass is 10.1. The van der Waals surface area contributed by atoms with Gasteiger partial charge in [0.25, 0.3) is 0 Å². The molecular weight excluding hydrogens is 356 g/mol. The van der Waals surface area contributed by atoms with Gasteiger partial charge in [-0.3, -0.25) is 0 Å². The standard InChI is InChI=1S/C20H24N6O2/c1-3-28-20(27)25-9-7-15(8-10-25)24-18-17-12-23-26(19(17)22-13-21-18)16-6-4-5-14(2)11-16/h4-6,11-13,15H,3,7-10H2,1-2H3,(H,21,22,24).